The molecule has 0 saturated carbocycles. The number of hydrogen-bond donors (Lipinski definition) is 0. The topological polar surface area (TPSA) is 17.1 Å². The lowest BCUT2D eigenvalue weighted by molar-refractivity contribution is 0.112. The predicted octanol–water partition coefficient (Wildman–Crippen LogP) is 4.37. The van der Waals surface area contributed by atoms with E-state index in [2.05, 4.69) is 37.9 Å². The third kappa shape index (κ3) is 1.66. The molecule has 0 bridgehead atoms. The first-order valence-corrected chi connectivity index (χ1v) is 6.76. The van der Waals surface area contributed by atoms with Crippen molar-refractivity contribution in [3.63, 3.8) is 0 Å². The molecule has 0 aliphatic carbocycles. The molecule has 14 heavy (non-hydrogen) atoms. The lowest BCUT2D eigenvalue weighted by Gasteiger charge is -2.01. The minimum absolute atomic E-state index is 0.708. The first-order chi connectivity index (χ1) is 6.76. The Bertz CT molecular complexity index is 490. The molecule has 0 saturated heterocycles. The van der Waals surface area contributed by atoms with E-state index in [1.54, 1.807) is 11.3 Å². The van der Waals surface area contributed by atoms with Gasteiger partial charge in [0.1, 0.15) is 6.29 Å². The fourth-order valence-electron chi connectivity index (χ4n) is 1.33. The molecule has 0 radical (unpaired) electrons. The van der Waals surface area contributed by atoms with Crippen molar-refractivity contribution in [2.24, 2.45) is 0 Å². The average molecular weight is 334 g/mol. The smallest absolute Gasteiger partial charge is 0.150 e. The Morgan fingerprint density at radius 2 is 2.21 bits per heavy atom. The van der Waals surface area contributed by atoms with Crippen molar-refractivity contribution in [2.45, 2.75) is 5.33 Å². The van der Waals surface area contributed by atoms with Crippen molar-refractivity contribution in [2.75, 3.05) is 0 Å². The summed E-state index contributed by atoms with van der Waals surface area (Å²) in [6.07, 6.45) is 0.906. The molecule has 0 spiro atoms. The molecular weight excluding hydrogens is 328 g/mol. The van der Waals surface area contributed by atoms with Gasteiger partial charge in [-0.3, -0.25) is 4.79 Å². The zero-order valence-corrected chi connectivity index (χ0v) is 11.1. The molecule has 72 valence electrons. The maximum absolute atomic E-state index is 10.8. The van der Waals surface area contributed by atoms with Gasteiger partial charge in [-0.2, -0.15) is 0 Å². The number of benzene rings is 1. The van der Waals surface area contributed by atoms with E-state index in [4.69, 9.17) is 0 Å². The summed E-state index contributed by atoms with van der Waals surface area (Å²) in [5, 5.41) is 3.92. The second-order valence-corrected chi connectivity index (χ2v) is 5.21. The summed E-state index contributed by atoms with van der Waals surface area (Å²) >= 11 is 8.50. The Balaban J connectivity index is 2.77. The standard InChI is InChI=1S/C10H6Br2OS/c11-3-6-1-8-9(12)5-14-10(8)2-7(6)4-13/h1-2,4-5H,3H2. The quantitative estimate of drug-likeness (QED) is 0.589. The number of halogens is 2. The Hall–Kier alpha value is -0.190. The molecular formula is C10H6Br2OS. The van der Waals surface area contributed by atoms with Crippen LogP contribution in [0.2, 0.25) is 0 Å². The summed E-state index contributed by atoms with van der Waals surface area (Å²) in [4.78, 5) is 10.8. The van der Waals surface area contributed by atoms with Crippen LogP contribution in [0, 0.1) is 0 Å². The molecule has 1 heterocycles. The maximum Gasteiger partial charge on any atom is 0.150 e. The summed E-state index contributed by atoms with van der Waals surface area (Å²) in [6, 6.07) is 3.99. The number of thiophene rings is 1. The van der Waals surface area contributed by atoms with Gasteiger partial charge in [0.05, 0.1) is 0 Å². The second-order valence-electron chi connectivity index (χ2n) is 2.88. The molecule has 2 rings (SSSR count). The van der Waals surface area contributed by atoms with E-state index in [1.165, 1.54) is 5.39 Å². The lowest BCUT2D eigenvalue weighted by atomic mass is 10.1. The molecule has 1 aromatic carbocycles. The van der Waals surface area contributed by atoms with Gasteiger partial charge in [-0.15, -0.1) is 11.3 Å². The van der Waals surface area contributed by atoms with E-state index in [0.29, 0.717) is 5.33 Å². The Morgan fingerprint density at radius 3 is 2.86 bits per heavy atom. The fraction of sp³-hybridized carbons (Fsp3) is 0.100. The zero-order valence-electron chi connectivity index (χ0n) is 7.09. The highest BCUT2D eigenvalue weighted by atomic mass is 79.9. The van der Waals surface area contributed by atoms with Crippen molar-refractivity contribution in [3.05, 3.63) is 33.1 Å². The monoisotopic (exact) mass is 332 g/mol. The number of hydrogen-bond acceptors (Lipinski definition) is 2. The third-order valence-electron chi connectivity index (χ3n) is 2.06. The summed E-state index contributed by atoms with van der Waals surface area (Å²) in [6.45, 7) is 0. The van der Waals surface area contributed by atoms with Crippen LogP contribution in [0.25, 0.3) is 10.1 Å². The van der Waals surface area contributed by atoms with Gasteiger partial charge in [0.25, 0.3) is 0 Å². The predicted molar refractivity (Wildman–Crippen MR) is 67.5 cm³/mol. The molecule has 1 aromatic heterocycles. The number of alkyl halides is 1. The first-order valence-electron chi connectivity index (χ1n) is 3.97. The SMILES string of the molecule is O=Cc1cc2scc(Br)c2cc1CBr. The van der Waals surface area contributed by atoms with Crippen LogP contribution < -0.4 is 0 Å². The van der Waals surface area contributed by atoms with Crippen LogP contribution in [-0.2, 0) is 5.33 Å². The molecule has 0 amide bonds. The van der Waals surface area contributed by atoms with Crippen LogP contribution in [-0.4, -0.2) is 6.29 Å². The number of carbonyl (C=O) groups is 1. The van der Waals surface area contributed by atoms with Crippen LogP contribution >= 0.6 is 43.2 Å². The minimum Gasteiger partial charge on any atom is -0.298 e. The highest BCUT2D eigenvalue weighted by molar-refractivity contribution is 9.10. The minimum atomic E-state index is 0.708. The summed E-state index contributed by atoms with van der Waals surface area (Å²) in [7, 11) is 0. The normalized spacial score (nSPS) is 10.7. The average Bonchev–Trinajstić information content (AvgIpc) is 2.58. The molecule has 0 N–H and O–H groups in total. The number of aldehydes is 1. The van der Waals surface area contributed by atoms with E-state index in [1.807, 2.05) is 11.4 Å². The van der Waals surface area contributed by atoms with Crippen LogP contribution in [0.4, 0.5) is 0 Å². The largest absolute Gasteiger partial charge is 0.298 e. The molecule has 0 aliphatic heterocycles. The van der Waals surface area contributed by atoms with E-state index < -0.39 is 0 Å². The Kier molecular flexibility index (Phi) is 3.04. The molecule has 0 atom stereocenters. The molecule has 0 aliphatic rings. The summed E-state index contributed by atoms with van der Waals surface area (Å²) in [5.74, 6) is 0. The van der Waals surface area contributed by atoms with Gasteiger partial charge in [-0.1, -0.05) is 15.9 Å². The zero-order chi connectivity index (χ0) is 10.1. The highest BCUT2D eigenvalue weighted by Crippen LogP contribution is 2.32. The Morgan fingerprint density at radius 1 is 1.43 bits per heavy atom. The van der Waals surface area contributed by atoms with Crippen LogP contribution in [0.3, 0.4) is 0 Å². The van der Waals surface area contributed by atoms with Gasteiger partial charge in [-0.05, 0) is 33.6 Å². The number of rotatable bonds is 2. The fourth-order valence-corrected chi connectivity index (χ4v) is 3.40. The van der Waals surface area contributed by atoms with Crippen molar-refractivity contribution in [3.8, 4) is 0 Å². The van der Waals surface area contributed by atoms with Gasteiger partial charge < -0.3 is 0 Å². The third-order valence-corrected chi connectivity index (χ3v) is 4.57. The summed E-state index contributed by atoms with van der Waals surface area (Å²) < 4.78 is 2.24. The van der Waals surface area contributed by atoms with Crippen LogP contribution in [0.1, 0.15) is 15.9 Å². The van der Waals surface area contributed by atoms with E-state index in [0.717, 1.165) is 26.6 Å². The first kappa shape index (κ1) is 10.3. The molecule has 4 heteroatoms. The van der Waals surface area contributed by atoms with Gasteiger partial charge in [0.2, 0.25) is 0 Å². The van der Waals surface area contributed by atoms with E-state index >= 15 is 0 Å². The maximum atomic E-state index is 10.8. The van der Waals surface area contributed by atoms with Crippen molar-refractivity contribution >= 4 is 59.6 Å². The van der Waals surface area contributed by atoms with Gasteiger partial charge in [-0.25, -0.2) is 0 Å². The molecule has 0 unspecified atom stereocenters. The van der Waals surface area contributed by atoms with Gasteiger partial charge in [0, 0.05) is 30.8 Å². The molecule has 1 nitrogen and oxygen atoms in total. The van der Waals surface area contributed by atoms with Crippen molar-refractivity contribution < 1.29 is 4.79 Å². The van der Waals surface area contributed by atoms with Gasteiger partial charge >= 0.3 is 0 Å². The van der Waals surface area contributed by atoms with Gasteiger partial charge in [0.15, 0.2) is 0 Å². The lowest BCUT2D eigenvalue weighted by Crippen LogP contribution is -1.88. The van der Waals surface area contributed by atoms with Crippen molar-refractivity contribution in [1.82, 2.24) is 0 Å². The van der Waals surface area contributed by atoms with Crippen LogP contribution in [0.5, 0.6) is 0 Å². The Labute approximate surface area is 102 Å². The van der Waals surface area contributed by atoms with E-state index in [9.17, 15) is 4.79 Å². The number of carbonyl (C=O) groups excluding carboxylic acids is 1. The molecule has 0 fully saturated rings. The summed E-state index contributed by atoms with van der Waals surface area (Å²) in [5.41, 5.74) is 1.80. The number of fused-ring (bicyclic) bond motifs is 1. The van der Waals surface area contributed by atoms with Crippen LogP contribution in [0.15, 0.2) is 22.0 Å². The van der Waals surface area contributed by atoms with Crippen molar-refractivity contribution in [1.29, 1.82) is 0 Å². The highest BCUT2D eigenvalue weighted by Gasteiger charge is 2.07. The molecule has 2 aromatic rings. The van der Waals surface area contributed by atoms with E-state index in [-0.39, 0.29) is 0 Å². The second kappa shape index (κ2) is 4.13.